The van der Waals surface area contributed by atoms with Crippen LogP contribution in [0.2, 0.25) is 0 Å². The fraction of sp³-hybridized carbons (Fsp3) is 0.382. The number of anilines is 1. The van der Waals surface area contributed by atoms with E-state index in [4.69, 9.17) is 9.47 Å². The summed E-state index contributed by atoms with van der Waals surface area (Å²) in [5, 5.41) is 1.09. The molecule has 214 valence electrons. The molecule has 0 N–H and O–H groups in total. The Morgan fingerprint density at radius 2 is 1.63 bits per heavy atom. The smallest absolute Gasteiger partial charge is 0.253 e. The second-order valence-corrected chi connectivity index (χ2v) is 11.6. The highest BCUT2D eigenvalue weighted by Gasteiger charge is 2.36. The van der Waals surface area contributed by atoms with E-state index in [9.17, 15) is 4.79 Å². The molecule has 0 unspecified atom stereocenters. The first-order chi connectivity index (χ1) is 20.0. The number of ether oxygens (including phenoxy) is 2. The van der Waals surface area contributed by atoms with Crippen LogP contribution in [0.3, 0.4) is 0 Å². The summed E-state index contributed by atoms with van der Waals surface area (Å²) in [6.45, 7) is 11.3. The van der Waals surface area contributed by atoms with Crippen LogP contribution < -0.4 is 14.4 Å². The largest absolute Gasteiger partial charge is 0.495 e. The van der Waals surface area contributed by atoms with Gasteiger partial charge in [-0.3, -0.25) is 9.69 Å². The average molecular weight is 553 g/mol. The lowest BCUT2D eigenvalue weighted by atomic mass is 10.0. The third-order valence-electron chi connectivity index (χ3n) is 8.32. The fourth-order valence-corrected chi connectivity index (χ4v) is 6.09. The predicted molar refractivity (Wildman–Crippen MR) is 164 cm³/mol. The van der Waals surface area contributed by atoms with Crippen LogP contribution in [0.15, 0.2) is 78.9 Å². The molecule has 2 fully saturated rings. The molecule has 4 aromatic rings. The summed E-state index contributed by atoms with van der Waals surface area (Å²) in [6.07, 6.45) is 0. The van der Waals surface area contributed by atoms with Gasteiger partial charge in [0.1, 0.15) is 18.1 Å². The van der Waals surface area contributed by atoms with Gasteiger partial charge in [0, 0.05) is 68.3 Å². The number of carbonyl (C=O) groups excluding carboxylic acids is 1. The Morgan fingerprint density at radius 1 is 0.902 bits per heavy atom. The van der Waals surface area contributed by atoms with Gasteiger partial charge in [0.25, 0.3) is 5.91 Å². The molecule has 3 aromatic carbocycles. The van der Waals surface area contributed by atoms with Crippen LogP contribution in [-0.2, 0) is 13.2 Å². The van der Waals surface area contributed by atoms with E-state index in [1.807, 2.05) is 53.4 Å². The summed E-state index contributed by atoms with van der Waals surface area (Å²) in [4.78, 5) is 20.4. The number of methoxy groups -OCH3 is 1. The third kappa shape index (κ3) is 5.77. The number of fused-ring (bicyclic) bond motifs is 1. The molecule has 2 aliphatic rings. The quantitative estimate of drug-likeness (QED) is 0.273. The maximum Gasteiger partial charge on any atom is 0.253 e. The van der Waals surface area contributed by atoms with Gasteiger partial charge >= 0.3 is 0 Å². The first-order valence-electron chi connectivity index (χ1n) is 14.7. The fourth-order valence-electron chi connectivity index (χ4n) is 6.09. The predicted octanol–water partition coefficient (Wildman–Crippen LogP) is 5.53. The maximum absolute atomic E-state index is 13.4. The van der Waals surface area contributed by atoms with Crippen LogP contribution in [0, 0.1) is 5.92 Å². The molecule has 0 saturated carbocycles. The van der Waals surface area contributed by atoms with Crippen molar-refractivity contribution in [2.75, 3.05) is 51.3 Å². The molecule has 0 spiro atoms. The molecule has 2 saturated heterocycles. The minimum atomic E-state index is 0.120. The SMILES string of the molecule is COc1ccccc1N1CCN(C2CN(C(=O)c3ccc4c(c3)cc(COc3ccccc3)n4CC(C)C)C2)CC1. The molecular weight excluding hydrogens is 512 g/mol. The van der Waals surface area contributed by atoms with Crippen molar-refractivity contribution < 1.29 is 14.3 Å². The molecule has 0 radical (unpaired) electrons. The van der Waals surface area contributed by atoms with Gasteiger partial charge in [-0.2, -0.15) is 0 Å². The molecule has 1 aromatic heterocycles. The Kier molecular flexibility index (Phi) is 7.88. The normalized spacial score (nSPS) is 16.3. The molecular formula is C34H40N4O3. The molecule has 0 bridgehead atoms. The summed E-state index contributed by atoms with van der Waals surface area (Å²) in [6, 6.07) is 26.9. The van der Waals surface area contributed by atoms with E-state index in [0.717, 1.165) is 85.2 Å². The zero-order valence-electron chi connectivity index (χ0n) is 24.3. The Labute approximate surface area is 242 Å². The van der Waals surface area contributed by atoms with E-state index in [2.05, 4.69) is 58.5 Å². The lowest BCUT2D eigenvalue weighted by molar-refractivity contribution is 0.0246. The molecule has 0 aliphatic carbocycles. The number of benzene rings is 3. The summed E-state index contributed by atoms with van der Waals surface area (Å²) in [7, 11) is 1.73. The summed E-state index contributed by atoms with van der Waals surface area (Å²) in [5.74, 6) is 2.40. The van der Waals surface area contributed by atoms with Gasteiger partial charge in [-0.05, 0) is 54.4 Å². The monoisotopic (exact) mass is 552 g/mol. The zero-order chi connectivity index (χ0) is 28.3. The van der Waals surface area contributed by atoms with Crippen molar-refractivity contribution in [3.05, 3.63) is 90.1 Å². The Morgan fingerprint density at radius 3 is 2.37 bits per heavy atom. The van der Waals surface area contributed by atoms with Crippen molar-refractivity contribution >= 4 is 22.5 Å². The van der Waals surface area contributed by atoms with Gasteiger partial charge in [0.2, 0.25) is 0 Å². The van der Waals surface area contributed by atoms with Crippen LogP contribution in [0.4, 0.5) is 5.69 Å². The first kappa shape index (κ1) is 27.2. The van der Waals surface area contributed by atoms with Gasteiger partial charge in [-0.15, -0.1) is 0 Å². The molecule has 6 rings (SSSR count). The van der Waals surface area contributed by atoms with Crippen LogP contribution in [0.5, 0.6) is 11.5 Å². The lowest BCUT2D eigenvalue weighted by Crippen LogP contribution is -2.64. The van der Waals surface area contributed by atoms with Crippen LogP contribution in [0.25, 0.3) is 10.9 Å². The number of nitrogens with zero attached hydrogens (tertiary/aromatic N) is 4. The molecule has 7 nitrogen and oxygen atoms in total. The number of carbonyl (C=O) groups is 1. The van der Waals surface area contributed by atoms with E-state index >= 15 is 0 Å². The van der Waals surface area contributed by atoms with Gasteiger partial charge in [-0.25, -0.2) is 0 Å². The van der Waals surface area contributed by atoms with E-state index in [1.165, 1.54) is 0 Å². The van der Waals surface area contributed by atoms with Crippen molar-refractivity contribution in [2.45, 2.75) is 33.0 Å². The minimum Gasteiger partial charge on any atom is -0.495 e. The maximum atomic E-state index is 13.4. The zero-order valence-corrected chi connectivity index (χ0v) is 24.3. The molecule has 7 heteroatoms. The average Bonchev–Trinajstić information content (AvgIpc) is 3.31. The summed E-state index contributed by atoms with van der Waals surface area (Å²) < 4.78 is 14.0. The molecule has 0 atom stereocenters. The topological polar surface area (TPSA) is 50.2 Å². The van der Waals surface area contributed by atoms with E-state index in [1.54, 1.807) is 7.11 Å². The van der Waals surface area contributed by atoms with Gasteiger partial charge in [0.05, 0.1) is 18.5 Å². The van der Waals surface area contributed by atoms with Crippen LogP contribution in [-0.4, -0.2) is 72.7 Å². The molecule has 2 aliphatic heterocycles. The van der Waals surface area contributed by atoms with Crippen molar-refractivity contribution in [3.63, 3.8) is 0 Å². The standard InChI is InChI=1S/C34H40N4O3/c1-25(2)21-38-28(24-41-30-9-5-4-6-10-30)20-27-19-26(13-14-31(27)38)34(39)37-22-29(23-37)35-15-17-36(18-16-35)32-11-7-8-12-33(32)40-3/h4-14,19-20,25,29H,15-18,21-24H2,1-3H3. The first-order valence-corrected chi connectivity index (χ1v) is 14.7. The lowest BCUT2D eigenvalue weighted by Gasteiger charge is -2.48. The van der Waals surface area contributed by atoms with Crippen molar-refractivity contribution in [1.82, 2.24) is 14.4 Å². The van der Waals surface area contributed by atoms with E-state index in [0.29, 0.717) is 18.6 Å². The number of rotatable bonds is 9. The highest BCUT2D eigenvalue weighted by molar-refractivity contribution is 5.98. The minimum absolute atomic E-state index is 0.120. The Hall–Kier alpha value is -3.97. The Bertz CT molecular complexity index is 1480. The summed E-state index contributed by atoms with van der Waals surface area (Å²) >= 11 is 0. The van der Waals surface area contributed by atoms with Crippen molar-refractivity contribution in [2.24, 2.45) is 5.92 Å². The number of aromatic nitrogens is 1. The van der Waals surface area contributed by atoms with E-state index in [-0.39, 0.29) is 5.91 Å². The molecule has 1 amide bonds. The number of hydrogen-bond acceptors (Lipinski definition) is 5. The summed E-state index contributed by atoms with van der Waals surface area (Å²) in [5.41, 5.74) is 4.19. The Balaban J connectivity index is 1.08. The van der Waals surface area contributed by atoms with Crippen LogP contribution >= 0.6 is 0 Å². The van der Waals surface area contributed by atoms with Gasteiger partial charge in [-0.1, -0.05) is 44.2 Å². The highest BCUT2D eigenvalue weighted by Crippen LogP contribution is 2.30. The third-order valence-corrected chi connectivity index (χ3v) is 8.32. The number of likely N-dealkylation sites (tertiary alicyclic amines) is 1. The second-order valence-electron chi connectivity index (χ2n) is 11.6. The number of hydrogen-bond donors (Lipinski definition) is 0. The molecule has 41 heavy (non-hydrogen) atoms. The van der Waals surface area contributed by atoms with Gasteiger partial charge < -0.3 is 23.8 Å². The van der Waals surface area contributed by atoms with Crippen molar-refractivity contribution in [1.29, 1.82) is 0 Å². The van der Waals surface area contributed by atoms with Crippen molar-refractivity contribution in [3.8, 4) is 11.5 Å². The molecule has 3 heterocycles. The number of piperazine rings is 1. The van der Waals surface area contributed by atoms with Gasteiger partial charge in [0.15, 0.2) is 0 Å². The second kappa shape index (κ2) is 11.9. The van der Waals surface area contributed by atoms with E-state index < -0.39 is 0 Å². The van der Waals surface area contributed by atoms with Crippen LogP contribution in [0.1, 0.15) is 29.9 Å². The highest BCUT2D eigenvalue weighted by atomic mass is 16.5. The number of para-hydroxylation sites is 3. The number of amides is 1.